The molecule has 0 spiro atoms. The molecule has 0 aliphatic carbocycles. The molecule has 0 saturated carbocycles. The summed E-state index contributed by atoms with van der Waals surface area (Å²) in [4.78, 5) is 2.64. The maximum absolute atomic E-state index is 5.72. The fraction of sp³-hybridized carbons (Fsp3) is 0.600. The van der Waals surface area contributed by atoms with Gasteiger partial charge in [0.25, 0.3) is 0 Å². The summed E-state index contributed by atoms with van der Waals surface area (Å²) in [6, 6.07) is 10.6. The number of piperidine rings is 1. The van der Waals surface area contributed by atoms with Gasteiger partial charge in [0.1, 0.15) is 0 Å². The largest absolute Gasteiger partial charge is 0.379 e. The Balaban J connectivity index is 2.09. The number of fused-ring (bicyclic) bond motifs is 5. The number of hydrogen-bond donors (Lipinski definition) is 0. The van der Waals surface area contributed by atoms with E-state index >= 15 is 0 Å². The van der Waals surface area contributed by atoms with Gasteiger partial charge < -0.3 is 4.74 Å². The number of benzene rings is 1. The van der Waals surface area contributed by atoms with Crippen molar-refractivity contribution in [3.8, 4) is 0 Å². The van der Waals surface area contributed by atoms with Gasteiger partial charge >= 0.3 is 0 Å². The average molecular weight is 231 g/mol. The van der Waals surface area contributed by atoms with E-state index in [4.69, 9.17) is 4.74 Å². The van der Waals surface area contributed by atoms with E-state index in [0.29, 0.717) is 24.2 Å². The third-order valence-electron chi connectivity index (χ3n) is 4.33. The second-order valence-electron chi connectivity index (χ2n) is 5.48. The van der Waals surface area contributed by atoms with Crippen molar-refractivity contribution < 1.29 is 4.74 Å². The zero-order chi connectivity index (χ0) is 12.0. The molecule has 2 aliphatic heterocycles. The lowest BCUT2D eigenvalue weighted by Gasteiger charge is -2.42. The van der Waals surface area contributed by atoms with E-state index in [2.05, 4.69) is 43.0 Å². The number of ether oxygens (including phenoxy) is 1. The molecule has 0 amide bonds. The molecule has 2 heteroatoms. The minimum atomic E-state index is 0.359. The molecule has 2 nitrogen and oxygen atoms in total. The standard InChI is InChI=1S/C15H21NO/c1-10(2)16-13-8-9-14(17-3)15(16)12-7-5-4-6-11(12)13/h4-7,10,13-15H,8-9H2,1-3H3/t13-,14-,15-/m0/s1. The van der Waals surface area contributed by atoms with E-state index in [0.717, 1.165) is 0 Å². The van der Waals surface area contributed by atoms with E-state index < -0.39 is 0 Å². The SMILES string of the molecule is CO[C@H]1CC[C@H]2c3ccccc3[C@@H]1N2C(C)C. The Hall–Kier alpha value is -0.860. The Morgan fingerprint density at radius 1 is 1.18 bits per heavy atom. The summed E-state index contributed by atoms with van der Waals surface area (Å²) in [6.45, 7) is 4.59. The van der Waals surface area contributed by atoms with Crippen molar-refractivity contribution in [1.82, 2.24) is 4.90 Å². The van der Waals surface area contributed by atoms with E-state index in [-0.39, 0.29) is 0 Å². The normalized spacial score (nSPS) is 31.9. The van der Waals surface area contributed by atoms with Gasteiger partial charge in [0.05, 0.1) is 12.1 Å². The van der Waals surface area contributed by atoms with Crippen LogP contribution in [0.5, 0.6) is 0 Å². The van der Waals surface area contributed by atoms with Crippen LogP contribution in [0.25, 0.3) is 0 Å². The highest BCUT2D eigenvalue weighted by molar-refractivity contribution is 5.40. The van der Waals surface area contributed by atoms with Crippen LogP contribution < -0.4 is 0 Å². The predicted octanol–water partition coefficient (Wildman–Crippen LogP) is 3.30. The van der Waals surface area contributed by atoms with Gasteiger partial charge in [-0.2, -0.15) is 0 Å². The van der Waals surface area contributed by atoms with Crippen LogP contribution in [0.1, 0.15) is 49.9 Å². The highest BCUT2D eigenvalue weighted by atomic mass is 16.5. The van der Waals surface area contributed by atoms with Crippen LogP contribution in [0.4, 0.5) is 0 Å². The zero-order valence-electron chi connectivity index (χ0n) is 10.9. The van der Waals surface area contributed by atoms with Gasteiger partial charge in [0.2, 0.25) is 0 Å². The molecule has 0 N–H and O–H groups in total. The Morgan fingerprint density at radius 2 is 1.88 bits per heavy atom. The van der Waals surface area contributed by atoms with Gasteiger partial charge in [-0.15, -0.1) is 0 Å². The Morgan fingerprint density at radius 3 is 2.53 bits per heavy atom. The van der Waals surface area contributed by atoms with Gasteiger partial charge in [0, 0.05) is 19.2 Å². The van der Waals surface area contributed by atoms with Crippen molar-refractivity contribution >= 4 is 0 Å². The molecule has 1 fully saturated rings. The van der Waals surface area contributed by atoms with Gasteiger partial charge in [0.15, 0.2) is 0 Å². The molecule has 2 bridgehead atoms. The molecule has 1 aromatic rings. The second kappa shape index (κ2) is 4.11. The minimum Gasteiger partial charge on any atom is -0.379 e. The van der Waals surface area contributed by atoms with E-state index in [1.807, 2.05) is 7.11 Å². The fourth-order valence-electron chi connectivity index (χ4n) is 3.70. The lowest BCUT2D eigenvalue weighted by Crippen LogP contribution is -2.42. The van der Waals surface area contributed by atoms with Crippen LogP contribution in [0.15, 0.2) is 24.3 Å². The summed E-state index contributed by atoms with van der Waals surface area (Å²) < 4.78 is 5.72. The Labute approximate surface area is 104 Å². The van der Waals surface area contributed by atoms with Crippen LogP contribution in [0, 0.1) is 0 Å². The van der Waals surface area contributed by atoms with Crippen LogP contribution in [0.3, 0.4) is 0 Å². The molecular formula is C15H21NO. The van der Waals surface area contributed by atoms with Gasteiger partial charge in [-0.1, -0.05) is 24.3 Å². The Bertz CT molecular complexity index is 415. The molecule has 1 aromatic carbocycles. The highest BCUT2D eigenvalue weighted by Gasteiger charge is 2.46. The molecule has 2 aliphatic rings. The summed E-state index contributed by atoms with van der Waals surface area (Å²) in [5, 5.41) is 0. The van der Waals surface area contributed by atoms with Crippen LogP contribution in [-0.2, 0) is 4.74 Å². The van der Waals surface area contributed by atoms with Crippen molar-refractivity contribution in [3.05, 3.63) is 35.4 Å². The summed E-state index contributed by atoms with van der Waals surface area (Å²) in [6.07, 6.45) is 2.77. The predicted molar refractivity (Wildman–Crippen MR) is 68.9 cm³/mol. The molecule has 17 heavy (non-hydrogen) atoms. The topological polar surface area (TPSA) is 12.5 Å². The third kappa shape index (κ3) is 1.54. The first kappa shape index (κ1) is 11.2. The summed E-state index contributed by atoms with van der Waals surface area (Å²) in [5.74, 6) is 0. The summed E-state index contributed by atoms with van der Waals surface area (Å²) >= 11 is 0. The van der Waals surface area contributed by atoms with Crippen LogP contribution >= 0.6 is 0 Å². The lowest BCUT2D eigenvalue weighted by molar-refractivity contribution is -0.0466. The molecule has 0 aromatic heterocycles. The first-order valence-electron chi connectivity index (χ1n) is 6.63. The van der Waals surface area contributed by atoms with E-state index in [1.54, 1.807) is 0 Å². The van der Waals surface area contributed by atoms with Crippen molar-refractivity contribution in [3.63, 3.8) is 0 Å². The second-order valence-corrected chi connectivity index (χ2v) is 5.48. The van der Waals surface area contributed by atoms with Crippen LogP contribution in [0.2, 0.25) is 0 Å². The molecule has 1 saturated heterocycles. The quantitative estimate of drug-likeness (QED) is 0.774. The highest BCUT2D eigenvalue weighted by Crippen LogP contribution is 2.52. The molecular weight excluding hydrogens is 210 g/mol. The van der Waals surface area contributed by atoms with Crippen molar-refractivity contribution in [2.24, 2.45) is 0 Å². The van der Waals surface area contributed by atoms with Gasteiger partial charge in [-0.3, -0.25) is 4.90 Å². The first-order valence-corrected chi connectivity index (χ1v) is 6.63. The number of methoxy groups -OCH3 is 1. The maximum Gasteiger partial charge on any atom is 0.0769 e. The van der Waals surface area contributed by atoms with Crippen molar-refractivity contribution in [2.45, 2.75) is 50.9 Å². The average Bonchev–Trinajstić information content (AvgIpc) is 2.59. The molecule has 0 unspecified atom stereocenters. The zero-order valence-corrected chi connectivity index (χ0v) is 10.9. The maximum atomic E-state index is 5.72. The molecule has 2 heterocycles. The molecule has 92 valence electrons. The molecule has 3 atom stereocenters. The Kier molecular flexibility index (Phi) is 2.72. The molecule has 0 radical (unpaired) electrons. The number of nitrogens with zero attached hydrogens (tertiary/aromatic N) is 1. The van der Waals surface area contributed by atoms with Crippen LogP contribution in [-0.4, -0.2) is 24.2 Å². The number of hydrogen-bond acceptors (Lipinski definition) is 2. The monoisotopic (exact) mass is 231 g/mol. The smallest absolute Gasteiger partial charge is 0.0769 e. The van der Waals surface area contributed by atoms with Gasteiger partial charge in [-0.05, 0) is 37.8 Å². The summed E-state index contributed by atoms with van der Waals surface area (Å²) in [7, 11) is 1.85. The summed E-state index contributed by atoms with van der Waals surface area (Å²) in [5.41, 5.74) is 3.03. The third-order valence-corrected chi connectivity index (χ3v) is 4.33. The lowest BCUT2D eigenvalue weighted by atomic mass is 9.96. The van der Waals surface area contributed by atoms with Crippen molar-refractivity contribution in [1.29, 1.82) is 0 Å². The molecule has 3 rings (SSSR count). The van der Waals surface area contributed by atoms with Gasteiger partial charge in [-0.25, -0.2) is 0 Å². The van der Waals surface area contributed by atoms with Crippen molar-refractivity contribution in [2.75, 3.05) is 7.11 Å². The minimum absolute atomic E-state index is 0.359. The number of rotatable bonds is 2. The van der Waals surface area contributed by atoms with E-state index in [1.165, 1.54) is 24.0 Å². The van der Waals surface area contributed by atoms with E-state index in [9.17, 15) is 0 Å². The first-order chi connectivity index (χ1) is 8.24. The fourth-order valence-corrected chi connectivity index (χ4v) is 3.70.